The number of carbonyl (C=O) groups is 2. The number of hydrogen-bond acceptors (Lipinski definition) is 5. The Hall–Kier alpha value is -2.82. The van der Waals surface area contributed by atoms with Crippen molar-refractivity contribution < 1.29 is 23.8 Å². The highest BCUT2D eigenvalue weighted by Crippen LogP contribution is 2.22. The Morgan fingerprint density at radius 1 is 1.08 bits per heavy atom. The molecule has 0 radical (unpaired) electrons. The Kier molecular flexibility index (Phi) is 6.17. The van der Waals surface area contributed by atoms with Crippen molar-refractivity contribution in [3.63, 3.8) is 0 Å². The molecule has 5 nitrogen and oxygen atoms in total. The normalized spacial score (nSPS) is 11.5. The van der Waals surface area contributed by atoms with Crippen molar-refractivity contribution in [2.24, 2.45) is 0 Å². The number of methoxy groups -OCH3 is 1. The monoisotopic (exact) mass is 342 g/mol. The molecule has 0 N–H and O–H groups in total. The lowest BCUT2D eigenvalue weighted by molar-refractivity contribution is 0.0315. The molecule has 0 fully saturated rings. The van der Waals surface area contributed by atoms with Gasteiger partial charge in [0.15, 0.2) is 6.10 Å². The second-order valence-electron chi connectivity index (χ2n) is 5.57. The first-order chi connectivity index (χ1) is 12.0. The van der Waals surface area contributed by atoms with E-state index >= 15 is 0 Å². The first-order valence-electron chi connectivity index (χ1n) is 8.09. The molecular weight excluding hydrogens is 320 g/mol. The van der Waals surface area contributed by atoms with Crippen molar-refractivity contribution in [1.29, 1.82) is 0 Å². The molecule has 0 heterocycles. The summed E-state index contributed by atoms with van der Waals surface area (Å²) in [5, 5.41) is 0. The third-order valence-electron chi connectivity index (χ3n) is 3.68. The minimum absolute atomic E-state index is 0.275. The van der Waals surface area contributed by atoms with Gasteiger partial charge < -0.3 is 14.2 Å². The van der Waals surface area contributed by atoms with E-state index in [1.54, 1.807) is 43.3 Å². The van der Waals surface area contributed by atoms with Crippen LogP contribution in [0, 0.1) is 6.92 Å². The minimum atomic E-state index is -0.907. The summed E-state index contributed by atoms with van der Waals surface area (Å²) in [6.07, 6.45) is -0.907. The molecule has 0 aliphatic heterocycles. The van der Waals surface area contributed by atoms with Gasteiger partial charge in [-0.2, -0.15) is 0 Å². The molecule has 0 saturated heterocycles. The van der Waals surface area contributed by atoms with E-state index < -0.39 is 12.1 Å². The van der Waals surface area contributed by atoms with E-state index in [0.717, 1.165) is 5.56 Å². The quantitative estimate of drug-likeness (QED) is 0.565. The second-order valence-corrected chi connectivity index (χ2v) is 5.57. The SMILES string of the molecule is CCOc1ccc(C(=O)[C@@H](C)OC(=O)c2cc(C)ccc2OC)cc1. The topological polar surface area (TPSA) is 61.8 Å². The summed E-state index contributed by atoms with van der Waals surface area (Å²) >= 11 is 0. The molecule has 0 unspecified atom stereocenters. The average Bonchev–Trinajstić information content (AvgIpc) is 2.61. The van der Waals surface area contributed by atoms with Crippen LogP contribution in [-0.4, -0.2) is 31.6 Å². The van der Waals surface area contributed by atoms with Gasteiger partial charge in [0.25, 0.3) is 0 Å². The van der Waals surface area contributed by atoms with Gasteiger partial charge in [0, 0.05) is 5.56 Å². The van der Waals surface area contributed by atoms with Crippen LogP contribution < -0.4 is 9.47 Å². The molecule has 132 valence electrons. The first kappa shape index (κ1) is 18.5. The average molecular weight is 342 g/mol. The maximum absolute atomic E-state index is 12.5. The highest BCUT2D eigenvalue weighted by Gasteiger charge is 2.22. The lowest BCUT2D eigenvalue weighted by atomic mass is 10.1. The standard InChI is InChI=1S/C20H22O5/c1-5-24-16-9-7-15(8-10-16)19(21)14(3)25-20(22)17-12-13(2)6-11-18(17)23-4/h6-12,14H,5H2,1-4H3/t14-/m1/s1. The first-order valence-corrected chi connectivity index (χ1v) is 8.09. The van der Waals surface area contributed by atoms with Crippen LogP contribution in [0.5, 0.6) is 11.5 Å². The predicted octanol–water partition coefficient (Wildman–Crippen LogP) is 3.83. The zero-order chi connectivity index (χ0) is 18.4. The molecular formula is C20H22O5. The Balaban J connectivity index is 2.10. The van der Waals surface area contributed by atoms with Crippen molar-refractivity contribution in [3.8, 4) is 11.5 Å². The lowest BCUT2D eigenvalue weighted by Crippen LogP contribution is -2.24. The fraction of sp³-hybridized carbons (Fsp3) is 0.300. The third-order valence-corrected chi connectivity index (χ3v) is 3.68. The van der Waals surface area contributed by atoms with Crippen LogP contribution in [0.15, 0.2) is 42.5 Å². The van der Waals surface area contributed by atoms with Gasteiger partial charge in [-0.15, -0.1) is 0 Å². The number of hydrogen-bond donors (Lipinski definition) is 0. The fourth-order valence-corrected chi connectivity index (χ4v) is 2.38. The maximum atomic E-state index is 12.5. The van der Waals surface area contributed by atoms with Crippen LogP contribution in [0.1, 0.15) is 40.1 Å². The Labute approximate surface area is 147 Å². The van der Waals surface area contributed by atoms with Gasteiger partial charge in [0.05, 0.1) is 13.7 Å². The second kappa shape index (κ2) is 8.33. The van der Waals surface area contributed by atoms with Gasteiger partial charge in [-0.3, -0.25) is 4.79 Å². The van der Waals surface area contributed by atoms with Gasteiger partial charge in [0.1, 0.15) is 17.1 Å². The van der Waals surface area contributed by atoms with Crippen LogP contribution in [0.4, 0.5) is 0 Å². The zero-order valence-electron chi connectivity index (χ0n) is 14.9. The van der Waals surface area contributed by atoms with Gasteiger partial charge in [0.2, 0.25) is 5.78 Å². The fourth-order valence-electron chi connectivity index (χ4n) is 2.38. The number of carbonyl (C=O) groups excluding carboxylic acids is 2. The molecule has 1 atom stereocenters. The number of rotatable bonds is 7. The highest BCUT2D eigenvalue weighted by molar-refractivity contribution is 6.02. The van der Waals surface area contributed by atoms with E-state index in [1.165, 1.54) is 7.11 Å². The van der Waals surface area contributed by atoms with E-state index in [9.17, 15) is 9.59 Å². The summed E-state index contributed by atoms with van der Waals surface area (Å²) in [5.74, 6) is 0.236. The van der Waals surface area contributed by atoms with Gasteiger partial charge in [-0.05, 0) is 57.2 Å². The van der Waals surface area contributed by atoms with E-state index in [2.05, 4.69) is 0 Å². The van der Waals surface area contributed by atoms with Gasteiger partial charge in [-0.1, -0.05) is 11.6 Å². The molecule has 0 spiro atoms. The van der Waals surface area contributed by atoms with Crippen LogP contribution in [-0.2, 0) is 4.74 Å². The molecule has 25 heavy (non-hydrogen) atoms. The summed E-state index contributed by atoms with van der Waals surface area (Å²) in [6.45, 7) is 5.86. The summed E-state index contributed by atoms with van der Waals surface area (Å²) in [7, 11) is 1.48. The molecule has 0 saturated carbocycles. The third kappa shape index (κ3) is 4.59. The molecule has 2 rings (SSSR count). The van der Waals surface area contributed by atoms with Crippen molar-refractivity contribution >= 4 is 11.8 Å². The number of esters is 1. The molecule has 0 aromatic heterocycles. The van der Waals surface area contributed by atoms with Gasteiger partial charge in [-0.25, -0.2) is 4.79 Å². The largest absolute Gasteiger partial charge is 0.496 e. The Morgan fingerprint density at radius 3 is 2.36 bits per heavy atom. The summed E-state index contributed by atoms with van der Waals surface area (Å²) in [5.41, 5.74) is 1.66. The van der Waals surface area contributed by atoms with Crippen LogP contribution in [0.2, 0.25) is 0 Å². The lowest BCUT2D eigenvalue weighted by Gasteiger charge is -2.14. The van der Waals surface area contributed by atoms with E-state index in [1.807, 2.05) is 19.9 Å². The van der Waals surface area contributed by atoms with Crippen molar-refractivity contribution in [3.05, 3.63) is 59.2 Å². The minimum Gasteiger partial charge on any atom is -0.496 e. The maximum Gasteiger partial charge on any atom is 0.342 e. The summed E-state index contributed by atoms with van der Waals surface area (Å²) in [6, 6.07) is 12.0. The molecule has 0 aliphatic rings. The number of ether oxygens (including phenoxy) is 3. The Morgan fingerprint density at radius 2 is 1.76 bits per heavy atom. The van der Waals surface area contributed by atoms with Crippen molar-refractivity contribution in [1.82, 2.24) is 0 Å². The number of benzene rings is 2. The smallest absolute Gasteiger partial charge is 0.342 e. The van der Waals surface area contributed by atoms with Crippen molar-refractivity contribution in [2.75, 3.05) is 13.7 Å². The molecule has 0 bridgehead atoms. The summed E-state index contributed by atoms with van der Waals surface area (Å²) in [4.78, 5) is 24.8. The Bertz CT molecular complexity index is 749. The van der Waals surface area contributed by atoms with Crippen LogP contribution in [0.25, 0.3) is 0 Å². The van der Waals surface area contributed by atoms with Crippen LogP contribution >= 0.6 is 0 Å². The number of aryl methyl sites for hydroxylation is 1. The van der Waals surface area contributed by atoms with Gasteiger partial charge >= 0.3 is 5.97 Å². The molecule has 0 aliphatic carbocycles. The molecule has 0 amide bonds. The number of Topliss-reactive ketones (excluding diaryl/α,β-unsaturated/α-hetero) is 1. The highest BCUT2D eigenvalue weighted by atomic mass is 16.5. The molecule has 5 heteroatoms. The summed E-state index contributed by atoms with van der Waals surface area (Å²) < 4.78 is 15.9. The van der Waals surface area contributed by atoms with E-state index in [-0.39, 0.29) is 5.78 Å². The number of ketones is 1. The predicted molar refractivity (Wildman–Crippen MR) is 94.6 cm³/mol. The molecule has 2 aromatic carbocycles. The van der Waals surface area contributed by atoms with E-state index in [4.69, 9.17) is 14.2 Å². The van der Waals surface area contributed by atoms with Crippen molar-refractivity contribution in [2.45, 2.75) is 26.9 Å². The molecule has 2 aromatic rings. The zero-order valence-corrected chi connectivity index (χ0v) is 14.9. The van der Waals surface area contributed by atoms with E-state index in [0.29, 0.717) is 29.2 Å². The van der Waals surface area contributed by atoms with Crippen LogP contribution in [0.3, 0.4) is 0 Å².